The van der Waals surface area contributed by atoms with E-state index in [1.165, 1.54) is 25.7 Å². The molecule has 2 aliphatic carbocycles. The van der Waals surface area contributed by atoms with Crippen LogP contribution in [0.1, 0.15) is 25.7 Å². The van der Waals surface area contributed by atoms with Crippen LogP contribution in [0.25, 0.3) is 0 Å². The van der Waals surface area contributed by atoms with E-state index in [-0.39, 0.29) is 0 Å². The van der Waals surface area contributed by atoms with E-state index < -0.39 is 0 Å². The van der Waals surface area contributed by atoms with Crippen molar-refractivity contribution < 1.29 is 0 Å². The highest BCUT2D eigenvalue weighted by Crippen LogP contribution is 2.42. The molecule has 2 rings (SSSR count). The van der Waals surface area contributed by atoms with Gasteiger partial charge in [0.05, 0.1) is 0 Å². The molecule has 1 saturated carbocycles. The maximum absolute atomic E-state index is 2.39. The fourth-order valence-corrected chi connectivity index (χ4v) is 1.49. The maximum atomic E-state index is 2.39. The van der Waals surface area contributed by atoms with E-state index in [1.807, 2.05) is 0 Å². The predicted molar refractivity (Wildman–Crippen MR) is 39.2 cm³/mol. The van der Waals surface area contributed by atoms with Crippen molar-refractivity contribution in [1.29, 1.82) is 0 Å². The Labute approximate surface area is 56.3 Å². The third-order valence-corrected chi connectivity index (χ3v) is 2.21. The van der Waals surface area contributed by atoms with Crippen LogP contribution in [0.15, 0.2) is 23.8 Å². The number of hydrogen-bond donors (Lipinski definition) is 0. The summed E-state index contributed by atoms with van der Waals surface area (Å²) >= 11 is 0. The van der Waals surface area contributed by atoms with E-state index in [0.717, 1.165) is 5.92 Å². The van der Waals surface area contributed by atoms with Crippen LogP contribution in [-0.4, -0.2) is 0 Å². The highest BCUT2D eigenvalue weighted by molar-refractivity contribution is 5.25. The third kappa shape index (κ3) is 1.07. The SMILES string of the molecule is C1=C2CC2CC/C=C/C1. The third-order valence-electron chi connectivity index (χ3n) is 2.21. The van der Waals surface area contributed by atoms with Gasteiger partial charge in [-0.25, -0.2) is 0 Å². The fraction of sp³-hybridized carbons (Fsp3) is 0.556. The molecule has 9 heavy (non-hydrogen) atoms. The highest BCUT2D eigenvalue weighted by Gasteiger charge is 2.27. The van der Waals surface area contributed by atoms with Gasteiger partial charge < -0.3 is 0 Å². The first kappa shape index (κ1) is 5.28. The van der Waals surface area contributed by atoms with Crippen LogP contribution >= 0.6 is 0 Å². The summed E-state index contributed by atoms with van der Waals surface area (Å²) < 4.78 is 0. The summed E-state index contributed by atoms with van der Waals surface area (Å²) in [5.74, 6) is 0.995. The molecule has 1 unspecified atom stereocenters. The summed E-state index contributed by atoms with van der Waals surface area (Å²) in [6, 6.07) is 0. The number of rotatable bonds is 0. The minimum absolute atomic E-state index is 0.995. The Morgan fingerprint density at radius 3 is 3.33 bits per heavy atom. The zero-order chi connectivity index (χ0) is 6.10. The molecular formula is C9H12. The lowest BCUT2D eigenvalue weighted by Crippen LogP contribution is -1.76. The molecule has 0 radical (unpaired) electrons. The van der Waals surface area contributed by atoms with Gasteiger partial charge in [-0.2, -0.15) is 0 Å². The molecule has 0 bridgehead atoms. The lowest BCUT2D eigenvalue weighted by atomic mass is 10.1. The Morgan fingerprint density at radius 1 is 1.33 bits per heavy atom. The van der Waals surface area contributed by atoms with Crippen LogP contribution in [0.4, 0.5) is 0 Å². The summed E-state index contributed by atoms with van der Waals surface area (Å²) in [7, 11) is 0. The van der Waals surface area contributed by atoms with Crippen molar-refractivity contribution in [2.75, 3.05) is 0 Å². The van der Waals surface area contributed by atoms with Gasteiger partial charge in [0.1, 0.15) is 0 Å². The zero-order valence-electron chi connectivity index (χ0n) is 5.64. The first-order valence-electron chi connectivity index (χ1n) is 3.81. The Kier molecular flexibility index (Phi) is 1.18. The van der Waals surface area contributed by atoms with Crippen molar-refractivity contribution in [3.05, 3.63) is 23.8 Å². The van der Waals surface area contributed by atoms with Crippen LogP contribution < -0.4 is 0 Å². The number of allylic oxidation sites excluding steroid dienone is 4. The largest absolute Gasteiger partial charge is 0.0882 e. The molecule has 0 nitrogen and oxygen atoms in total. The standard InChI is InChI=1S/C9H12/c1-2-4-6-9-7-8(9)5-3-1/h1-2,5,9H,3-4,6-7H2/b2-1+,8-5?. The van der Waals surface area contributed by atoms with E-state index >= 15 is 0 Å². The monoisotopic (exact) mass is 120 g/mol. The van der Waals surface area contributed by atoms with E-state index in [2.05, 4.69) is 18.2 Å². The molecule has 2 aliphatic rings. The average Bonchev–Trinajstić information content (AvgIpc) is 2.46. The zero-order valence-corrected chi connectivity index (χ0v) is 5.64. The second-order valence-electron chi connectivity index (χ2n) is 2.96. The molecular weight excluding hydrogens is 108 g/mol. The molecule has 1 fully saturated rings. The van der Waals surface area contributed by atoms with Crippen molar-refractivity contribution in [3.8, 4) is 0 Å². The minimum atomic E-state index is 0.995. The maximum Gasteiger partial charge on any atom is -0.0163 e. The van der Waals surface area contributed by atoms with E-state index in [4.69, 9.17) is 0 Å². The van der Waals surface area contributed by atoms with Gasteiger partial charge in [-0.15, -0.1) is 0 Å². The van der Waals surface area contributed by atoms with Gasteiger partial charge in [0.15, 0.2) is 0 Å². The number of hydrogen-bond acceptors (Lipinski definition) is 0. The van der Waals surface area contributed by atoms with Crippen LogP contribution in [0.5, 0.6) is 0 Å². The van der Waals surface area contributed by atoms with Crippen molar-refractivity contribution in [1.82, 2.24) is 0 Å². The minimum Gasteiger partial charge on any atom is -0.0882 e. The van der Waals surface area contributed by atoms with Crippen molar-refractivity contribution in [3.63, 3.8) is 0 Å². The topological polar surface area (TPSA) is 0 Å². The summed E-state index contributed by atoms with van der Waals surface area (Å²) in [5, 5.41) is 0. The molecule has 0 heteroatoms. The molecule has 1 atom stereocenters. The smallest absolute Gasteiger partial charge is 0.0163 e. The molecule has 0 aromatic carbocycles. The molecule has 0 saturated heterocycles. The van der Waals surface area contributed by atoms with E-state index in [9.17, 15) is 0 Å². The van der Waals surface area contributed by atoms with Gasteiger partial charge in [0.2, 0.25) is 0 Å². The summed E-state index contributed by atoms with van der Waals surface area (Å²) in [6.45, 7) is 0. The van der Waals surface area contributed by atoms with E-state index in [1.54, 1.807) is 5.57 Å². The summed E-state index contributed by atoms with van der Waals surface area (Å²) in [5.41, 5.74) is 1.72. The molecule has 48 valence electrons. The second kappa shape index (κ2) is 2.02. The number of fused-ring (bicyclic) bond motifs is 1. The first-order chi connectivity index (χ1) is 4.47. The Balaban J connectivity index is 2.05. The Morgan fingerprint density at radius 2 is 2.33 bits per heavy atom. The molecule has 0 amide bonds. The van der Waals surface area contributed by atoms with Gasteiger partial charge >= 0.3 is 0 Å². The predicted octanol–water partition coefficient (Wildman–Crippen LogP) is 2.67. The van der Waals surface area contributed by atoms with Crippen molar-refractivity contribution >= 4 is 0 Å². The first-order valence-corrected chi connectivity index (χ1v) is 3.81. The lowest BCUT2D eigenvalue weighted by Gasteiger charge is -1.92. The van der Waals surface area contributed by atoms with Crippen molar-refractivity contribution in [2.24, 2.45) is 5.92 Å². The highest BCUT2D eigenvalue weighted by atomic mass is 14.3. The van der Waals surface area contributed by atoms with Gasteiger partial charge in [-0.1, -0.05) is 23.8 Å². The van der Waals surface area contributed by atoms with Gasteiger partial charge in [0.25, 0.3) is 0 Å². The van der Waals surface area contributed by atoms with Gasteiger partial charge in [-0.3, -0.25) is 0 Å². The van der Waals surface area contributed by atoms with Crippen molar-refractivity contribution in [2.45, 2.75) is 25.7 Å². The summed E-state index contributed by atoms with van der Waals surface area (Å²) in [6.07, 6.45) is 12.3. The van der Waals surface area contributed by atoms with Crippen LogP contribution in [-0.2, 0) is 0 Å². The summed E-state index contributed by atoms with van der Waals surface area (Å²) in [4.78, 5) is 0. The van der Waals surface area contributed by atoms with Gasteiger partial charge in [-0.05, 0) is 31.6 Å². The Bertz CT molecular complexity index is 163. The fourth-order valence-electron chi connectivity index (χ4n) is 1.49. The molecule has 0 heterocycles. The van der Waals surface area contributed by atoms with Crippen LogP contribution in [0.2, 0.25) is 0 Å². The molecule has 0 aromatic rings. The van der Waals surface area contributed by atoms with Crippen LogP contribution in [0.3, 0.4) is 0 Å². The molecule has 0 N–H and O–H groups in total. The average molecular weight is 120 g/mol. The lowest BCUT2D eigenvalue weighted by molar-refractivity contribution is 0.759. The molecule has 0 aromatic heterocycles. The Hall–Kier alpha value is -0.520. The van der Waals surface area contributed by atoms with Crippen LogP contribution in [0, 0.1) is 5.92 Å². The normalized spacial score (nSPS) is 35.6. The van der Waals surface area contributed by atoms with Gasteiger partial charge in [0, 0.05) is 0 Å². The molecule has 0 aliphatic heterocycles. The quantitative estimate of drug-likeness (QED) is 0.431. The molecule has 0 spiro atoms. The van der Waals surface area contributed by atoms with E-state index in [0.29, 0.717) is 0 Å². The second-order valence-corrected chi connectivity index (χ2v) is 2.96.